The largest absolute Gasteiger partial charge is 0.481 e. The van der Waals surface area contributed by atoms with Gasteiger partial charge in [-0.1, -0.05) is 89.9 Å². The van der Waals surface area contributed by atoms with Crippen molar-refractivity contribution in [3.63, 3.8) is 0 Å². The fraction of sp³-hybridized carbons (Fsp3) is 0.844. The number of carbonyl (C=O) groups excluding carboxylic acids is 4. The Hall–Kier alpha value is -3.51. The summed E-state index contributed by atoms with van der Waals surface area (Å²) >= 11 is 0. The molecule has 17 heteroatoms. The number of carboxylic acids is 3. The lowest BCUT2D eigenvalue weighted by Crippen LogP contribution is -2.31. The first-order valence-electron chi connectivity index (χ1n) is 23.2. The van der Waals surface area contributed by atoms with Crippen LogP contribution in [0.2, 0.25) is 0 Å². The number of Topliss-reactive ketones (excluding diaryl/α,β-unsaturated/α-hetero) is 2. The van der Waals surface area contributed by atoms with Gasteiger partial charge >= 0.3 is 17.9 Å². The van der Waals surface area contributed by atoms with Crippen LogP contribution in [0.4, 0.5) is 0 Å². The van der Waals surface area contributed by atoms with Crippen molar-refractivity contribution in [1.29, 1.82) is 0 Å². The standard InChI is InChI=1S/C45H81N3O14/c46-40(45(57)58)22-17-18-26-47-42(52)36-62-33-30-59-28-19-21-39(50)35-61-32-31-60-29-27-48-41(51)25-24-37(44(55)56)34-38(49)20-15-13-11-9-7-5-3-1-2-4-6-8-10-12-14-16-23-43(53)54/h37,40H,1-36,46H2,(H,47,52)(H,48,51)(H,53,54)(H,55,56)(H,57,58)/t37-,40+/m1/s1. The third kappa shape index (κ3) is 41.8. The van der Waals surface area contributed by atoms with Crippen molar-refractivity contribution >= 4 is 41.3 Å². The molecule has 0 unspecified atom stereocenters. The van der Waals surface area contributed by atoms with Gasteiger partial charge in [0.25, 0.3) is 0 Å². The minimum atomic E-state index is -1.07. The second-order valence-corrected chi connectivity index (χ2v) is 16.0. The van der Waals surface area contributed by atoms with Gasteiger partial charge in [-0.15, -0.1) is 0 Å². The number of carboxylic acid groups (broad SMARTS) is 3. The number of hydrogen-bond acceptors (Lipinski definition) is 12. The van der Waals surface area contributed by atoms with Gasteiger partial charge < -0.3 is 50.6 Å². The molecule has 0 aromatic rings. The van der Waals surface area contributed by atoms with Crippen LogP contribution in [0.3, 0.4) is 0 Å². The molecule has 0 aromatic carbocycles. The molecule has 62 heavy (non-hydrogen) atoms. The average Bonchev–Trinajstić information content (AvgIpc) is 3.23. The van der Waals surface area contributed by atoms with Crippen molar-refractivity contribution in [2.45, 2.75) is 173 Å². The summed E-state index contributed by atoms with van der Waals surface area (Å²) in [6, 6.07) is -0.891. The van der Waals surface area contributed by atoms with Crippen LogP contribution in [0.25, 0.3) is 0 Å². The predicted molar refractivity (Wildman–Crippen MR) is 234 cm³/mol. The zero-order valence-electron chi connectivity index (χ0n) is 37.5. The highest BCUT2D eigenvalue weighted by Gasteiger charge is 2.22. The lowest BCUT2D eigenvalue weighted by atomic mass is 9.94. The Labute approximate surface area is 369 Å². The molecule has 360 valence electrons. The molecular weight excluding hydrogens is 807 g/mol. The normalized spacial score (nSPS) is 12.1. The number of ether oxygens (including phenoxy) is 4. The number of ketones is 2. The van der Waals surface area contributed by atoms with Gasteiger partial charge in [0.05, 0.1) is 39.0 Å². The van der Waals surface area contributed by atoms with Gasteiger partial charge in [0.2, 0.25) is 11.8 Å². The molecule has 0 rings (SSSR count). The average molecular weight is 888 g/mol. The Kier molecular flexibility index (Phi) is 40.4. The van der Waals surface area contributed by atoms with Crippen LogP contribution in [-0.2, 0) is 52.5 Å². The van der Waals surface area contributed by atoms with Crippen LogP contribution < -0.4 is 16.4 Å². The number of hydrogen-bond donors (Lipinski definition) is 6. The van der Waals surface area contributed by atoms with Crippen molar-refractivity contribution in [2.75, 3.05) is 65.9 Å². The van der Waals surface area contributed by atoms with E-state index in [4.69, 9.17) is 34.9 Å². The van der Waals surface area contributed by atoms with E-state index in [1.54, 1.807) is 0 Å². The van der Waals surface area contributed by atoms with Crippen LogP contribution in [0.5, 0.6) is 0 Å². The third-order valence-corrected chi connectivity index (χ3v) is 10.3. The van der Waals surface area contributed by atoms with E-state index >= 15 is 0 Å². The summed E-state index contributed by atoms with van der Waals surface area (Å²) in [5.74, 6) is -4.43. The van der Waals surface area contributed by atoms with Gasteiger partial charge in [0.15, 0.2) is 5.78 Å². The molecule has 2 atom stereocenters. The number of nitrogens with two attached hydrogens (primary N) is 1. The van der Waals surface area contributed by atoms with Gasteiger partial charge in [0.1, 0.15) is 25.0 Å². The van der Waals surface area contributed by atoms with Crippen LogP contribution >= 0.6 is 0 Å². The number of nitrogens with one attached hydrogen (secondary N) is 2. The summed E-state index contributed by atoms with van der Waals surface area (Å²) in [6.45, 7) is 2.01. The Morgan fingerprint density at radius 3 is 1.45 bits per heavy atom. The van der Waals surface area contributed by atoms with Crippen molar-refractivity contribution in [2.24, 2.45) is 11.7 Å². The zero-order chi connectivity index (χ0) is 45.9. The fourth-order valence-electron chi connectivity index (χ4n) is 6.55. The molecule has 2 amide bonds. The molecule has 0 radical (unpaired) electrons. The predicted octanol–water partition coefficient (Wildman–Crippen LogP) is 5.76. The Bertz CT molecular complexity index is 1200. The van der Waals surface area contributed by atoms with Crippen molar-refractivity contribution in [3.8, 4) is 0 Å². The topological polar surface area (TPSA) is 267 Å². The van der Waals surface area contributed by atoms with E-state index in [2.05, 4.69) is 10.6 Å². The van der Waals surface area contributed by atoms with E-state index in [0.29, 0.717) is 45.3 Å². The summed E-state index contributed by atoms with van der Waals surface area (Å²) in [7, 11) is 0. The maximum absolute atomic E-state index is 12.5. The van der Waals surface area contributed by atoms with E-state index in [0.717, 1.165) is 44.9 Å². The quantitative estimate of drug-likeness (QED) is 0.0397. The summed E-state index contributed by atoms with van der Waals surface area (Å²) in [5, 5.41) is 32.4. The summed E-state index contributed by atoms with van der Waals surface area (Å²) in [4.78, 5) is 81.3. The fourth-order valence-corrected chi connectivity index (χ4v) is 6.55. The molecule has 0 bridgehead atoms. The maximum Gasteiger partial charge on any atom is 0.320 e. The molecule has 0 fully saturated rings. The second kappa shape index (κ2) is 42.8. The Morgan fingerprint density at radius 1 is 0.419 bits per heavy atom. The van der Waals surface area contributed by atoms with E-state index in [9.17, 15) is 38.7 Å². The molecule has 0 aliphatic carbocycles. The van der Waals surface area contributed by atoms with Crippen LogP contribution in [0.1, 0.15) is 167 Å². The van der Waals surface area contributed by atoms with Gasteiger partial charge in [-0.05, 0) is 44.9 Å². The summed E-state index contributed by atoms with van der Waals surface area (Å²) in [6.07, 6.45) is 21.1. The monoisotopic (exact) mass is 888 g/mol. The lowest BCUT2D eigenvalue weighted by molar-refractivity contribution is -0.144. The Morgan fingerprint density at radius 2 is 0.903 bits per heavy atom. The first-order valence-corrected chi connectivity index (χ1v) is 23.2. The second-order valence-electron chi connectivity index (χ2n) is 16.0. The van der Waals surface area contributed by atoms with Gasteiger partial charge in [-0.25, -0.2) is 0 Å². The smallest absolute Gasteiger partial charge is 0.320 e. The summed E-state index contributed by atoms with van der Waals surface area (Å²) < 4.78 is 21.4. The third-order valence-electron chi connectivity index (χ3n) is 10.3. The highest BCUT2D eigenvalue weighted by Crippen LogP contribution is 2.17. The van der Waals surface area contributed by atoms with Crippen LogP contribution in [0, 0.1) is 5.92 Å². The minimum absolute atomic E-state index is 0.00228. The van der Waals surface area contributed by atoms with Gasteiger partial charge in [-0.3, -0.25) is 33.6 Å². The van der Waals surface area contributed by atoms with E-state index in [-0.39, 0.29) is 108 Å². The van der Waals surface area contributed by atoms with Crippen molar-refractivity contribution in [1.82, 2.24) is 10.6 Å². The zero-order valence-corrected chi connectivity index (χ0v) is 37.5. The first-order chi connectivity index (χ1) is 29.9. The SMILES string of the molecule is N[C@@H](CCCCNC(=O)COCCOCCCC(=O)COCCOCCNC(=O)CC[C@H](CC(=O)CCCCCCCCCCCCCCCCCCC(=O)O)C(=O)O)C(=O)O. The molecule has 7 N–H and O–H groups in total. The highest BCUT2D eigenvalue weighted by molar-refractivity contribution is 5.84. The van der Waals surface area contributed by atoms with Crippen molar-refractivity contribution < 1.29 is 67.8 Å². The number of unbranched alkanes of at least 4 members (excludes halogenated alkanes) is 16. The van der Waals surface area contributed by atoms with E-state index in [1.807, 2.05) is 0 Å². The number of rotatable bonds is 48. The molecule has 17 nitrogen and oxygen atoms in total. The number of carbonyl (C=O) groups is 7. The van der Waals surface area contributed by atoms with E-state index < -0.39 is 29.9 Å². The number of aliphatic carboxylic acids is 3. The van der Waals surface area contributed by atoms with Crippen LogP contribution in [0.15, 0.2) is 0 Å². The van der Waals surface area contributed by atoms with Gasteiger partial charge in [0, 0.05) is 51.8 Å². The molecule has 0 heterocycles. The Balaban J connectivity index is 3.63. The molecule has 0 saturated heterocycles. The molecule has 0 aromatic heterocycles. The van der Waals surface area contributed by atoms with E-state index in [1.165, 1.54) is 57.8 Å². The highest BCUT2D eigenvalue weighted by atomic mass is 16.5. The lowest BCUT2D eigenvalue weighted by Gasteiger charge is -2.12. The molecule has 0 aliphatic rings. The minimum Gasteiger partial charge on any atom is -0.481 e. The molecule has 0 saturated carbocycles. The van der Waals surface area contributed by atoms with Gasteiger partial charge in [-0.2, -0.15) is 0 Å². The van der Waals surface area contributed by atoms with Crippen molar-refractivity contribution in [3.05, 3.63) is 0 Å². The summed E-state index contributed by atoms with van der Waals surface area (Å²) in [5.41, 5.74) is 5.43. The van der Waals surface area contributed by atoms with Crippen LogP contribution in [-0.4, -0.2) is 129 Å². The molecule has 0 aliphatic heterocycles. The molecular formula is C45H81N3O14. The molecule has 0 spiro atoms. The first kappa shape index (κ1) is 58.5. The maximum atomic E-state index is 12.5. The number of amides is 2.